The summed E-state index contributed by atoms with van der Waals surface area (Å²) < 4.78 is 18.6. The van der Waals surface area contributed by atoms with Gasteiger partial charge in [-0.3, -0.25) is 4.79 Å². The molecule has 0 spiro atoms. The molecular formula is C23H19ClFN3O2S. The number of thiophene rings is 1. The maximum Gasteiger partial charge on any atom is 0.226 e. The number of hydrogen-bond donors (Lipinski definition) is 1. The number of aromatic nitrogens is 2. The average molecular weight is 456 g/mol. The van der Waals surface area contributed by atoms with Crippen LogP contribution >= 0.6 is 22.9 Å². The van der Waals surface area contributed by atoms with Crippen molar-refractivity contribution in [3.05, 3.63) is 93.2 Å². The molecule has 1 unspecified atom stereocenters. The molecule has 0 radical (unpaired) electrons. The normalized spacial score (nSPS) is 11.9. The van der Waals surface area contributed by atoms with Gasteiger partial charge in [0.2, 0.25) is 17.6 Å². The monoisotopic (exact) mass is 455 g/mol. The van der Waals surface area contributed by atoms with Crippen molar-refractivity contribution in [1.29, 1.82) is 0 Å². The van der Waals surface area contributed by atoms with Crippen LogP contribution in [0.5, 0.6) is 0 Å². The fraction of sp³-hybridized carbons (Fsp3) is 0.174. The highest BCUT2D eigenvalue weighted by molar-refractivity contribution is 7.10. The first kappa shape index (κ1) is 21.2. The van der Waals surface area contributed by atoms with Crippen LogP contribution in [-0.2, 0) is 11.2 Å². The third-order valence-corrected chi connectivity index (χ3v) is 5.89. The molecule has 0 bridgehead atoms. The van der Waals surface area contributed by atoms with Gasteiger partial charge in [0.15, 0.2) is 0 Å². The van der Waals surface area contributed by atoms with Crippen molar-refractivity contribution < 1.29 is 13.7 Å². The second-order valence-electron chi connectivity index (χ2n) is 6.94. The van der Waals surface area contributed by atoms with E-state index in [1.807, 2.05) is 29.6 Å². The zero-order valence-corrected chi connectivity index (χ0v) is 18.0. The predicted molar refractivity (Wildman–Crippen MR) is 118 cm³/mol. The first-order chi connectivity index (χ1) is 15.1. The molecule has 1 amide bonds. The predicted octanol–water partition coefficient (Wildman–Crippen LogP) is 5.82. The highest BCUT2D eigenvalue weighted by atomic mass is 35.5. The van der Waals surface area contributed by atoms with Crippen LogP contribution in [0.4, 0.5) is 4.39 Å². The smallest absolute Gasteiger partial charge is 0.226 e. The largest absolute Gasteiger partial charge is 0.344 e. The number of carbonyl (C=O) groups is 1. The van der Waals surface area contributed by atoms with Crippen molar-refractivity contribution in [3.63, 3.8) is 0 Å². The average Bonchev–Trinajstić information content (AvgIpc) is 3.46. The van der Waals surface area contributed by atoms with Crippen molar-refractivity contribution >= 4 is 28.8 Å². The second-order valence-corrected chi connectivity index (χ2v) is 8.36. The Bertz CT molecular complexity index is 1130. The molecule has 0 aliphatic heterocycles. The number of carbonyl (C=O) groups excluding carboxylic acids is 1. The quantitative estimate of drug-likeness (QED) is 0.363. The van der Waals surface area contributed by atoms with Crippen LogP contribution in [0.15, 0.2) is 70.6 Å². The minimum absolute atomic E-state index is 0.0971. The van der Waals surface area contributed by atoms with Gasteiger partial charge in [-0.05, 0) is 59.8 Å². The molecule has 2 aromatic heterocycles. The summed E-state index contributed by atoms with van der Waals surface area (Å²) in [6.07, 6.45) is 1.37. The molecule has 4 aromatic rings. The van der Waals surface area contributed by atoms with Gasteiger partial charge in [-0.15, -0.1) is 11.3 Å². The molecule has 0 aliphatic rings. The van der Waals surface area contributed by atoms with Crippen molar-refractivity contribution in [2.75, 3.05) is 0 Å². The van der Waals surface area contributed by atoms with E-state index in [1.165, 1.54) is 12.1 Å². The number of nitrogens with zero attached hydrogens (tertiary/aromatic N) is 2. The molecule has 0 fully saturated rings. The summed E-state index contributed by atoms with van der Waals surface area (Å²) in [5, 5.41) is 9.62. The molecule has 0 saturated heterocycles. The zero-order chi connectivity index (χ0) is 21.6. The SMILES string of the molecule is O=C(CCCc1nc(-c2ccc(Cl)cc2)no1)NC(c1ccc(F)cc1)c1cccs1. The van der Waals surface area contributed by atoms with E-state index in [2.05, 4.69) is 15.5 Å². The lowest BCUT2D eigenvalue weighted by molar-refractivity contribution is -0.121. The van der Waals surface area contributed by atoms with Crippen LogP contribution in [-0.4, -0.2) is 16.0 Å². The van der Waals surface area contributed by atoms with Gasteiger partial charge in [0.1, 0.15) is 5.82 Å². The van der Waals surface area contributed by atoms with Gasteiger partial charge in [0.05, 0.1) is 6.04 Å². The highest BCUT2D eigenvalue weighted by Gasteiger charge is 2.18. The third kappa shape index (κ3) is 5.57. The Labute approximate surface area is 187 Å². The van der Waals surface area contributed by atoms with Crippen molar-refractivity contribution in [1.82, 2.24) is 15.5 Å². The summed E-state index contributed by atoms with van der Waals surface area (Å²) in [5.74, 6) is 0.564. The Morgan fingerprint density at radius 1 is 1.13 bits per heavy atom. The number of amides is 1. The number of halogens is 2. The molecule has 0 aliphatic carbocycles. The minimum atomic E-state index is -0.312. The van der Waals surface area contributed by atoms with E-state index in [-0.39, 0.29) is 17.8 Å². The molecule has 5 nitrogen and oxygen atoms in total. The number of aryl methyl sites for hydroxylation is 1. The van der Waals surface area contributed by atoms with Crippen molar-refractivity contribution in [2.45, 2.75) is 25.3 Å². The van der Waals surface area contributed by atoms with Crippen LogP contribution in [0.2, 0.25) is 5.02 Å². The van der Waals surface area contributed by atoms with E-state index >= 15 is 0 Å². The molecule has 0 saturated carbocycles. The molecule has 8 heteroatoms. The van der Waals surface area contributed by atoms with Crippen LogP contribution in [0.3, 0.4) is 0 Å². The van der Waals surface area contributed by atoms with Gasteiger partial charge in [0, 0.05) is 28.3 Å². The summed E-state index contributed by atoms with van der Waals surface area (Å²) in [4.78, 5) is 17.9. The third-order valence-electron chi connectivity index (χ3n) is 4.70. The Hall–Kier alpha value is -3.03. The number of rotatable bonds is 8. The van der Waals surface area contributed by atoms with Crippen molar-refractivity contribution in [3.8, 4) is 11.4 Å². The lowest BCUT2D eigenvalue weighted by Gasteiger charge is -2.18. The van der Waals surface area contributed by atoms with E-state index in [0.29, 0.717) is 36.0 Å². The summed E-state index contributed by atoms with van der Waals surface area (Å²) in [7, 11) is 0. The molecule has 1 N–H and O–H groups in total. The van der Waals surface area contributed by atoms with Gasteiger partial charge in [0.25, 0.3) is 0 Å². The molecule has 1 atom stereocenters. The van der Waals surface area contributed by atoms with Gasteiger partial charge in [-0.2, -0.15) is 4.98 Å². The first-order valence-corrected chi connectivity index (χ1v) is 11.0. The lowest BCUT2D eigenvalue weighted by atomic mass is 10.0. The molecular weight excluding hydrogens is 437 g/mol. The number of hydrogen-bond acceptors (Lipinski definition) is 5. The van der Waals surface area contributed by atoms with Gasteiger partial charge in [-0.25, -0.2) is 4.39 Å². The Balaban J connectivity index is 1.34. The fourth-order valence-corrected chi connectivity index (χ4v) is 4.06. The Kier molecular flexibility index (Phi) is 6.74. The minimum Gasteiger partial charge on any atom is -0.344 e. The van der Waals surface area contributed by atoms with Crippen LogP contribution in [0.25, 0.3) is 11.4 Å². The van der Waals surface area contributed by atoms with E-state index in [1.54, 1.807) is 35.6 Å². The summed E-state index contributed by atoms with van der Waals surface area (Å²) in [5.41, 5.74) is 1.65. The molecule has 2 heterocycles. The molecule has 158 valence electrons. The van der Waals surface area contributed by atoms with Gasteiger partial charge >= 0.3 is 0 Å². The summed E-state index contributed by atoms with van der Waals surface area (Å²) in [6.45, 7) is 0. The highest BCUT2D eigenvalue weighted by Crippen LogP contribution is 2.26. The van der Waals surface area contributed by atoms with Crippen LogP contribution in [0.1, 0.15) is 35.2 Å². The Morgan fingerprint density at radius 2 is 1.90 bits per heavy atom. The summed E-state index contributed by atoms with van der Waals surface area (Å²) >= 11 is 7.44. The molecule has 4 rings (SSSR count). The van der Waals surface area contributed by atoms with E-state index in [0.717, 1.165) is 16.0 Å². The maximum atomic E-state index is 13.3. The van der Waals surface area contributed by atoms with E-state index in [9.17, 15) is 9.18 Å². The van der Waals surface area contributed by atoms with Gasteiger partial charge in [-0.1, -0.05) is 35.0 Å². The van der Waals surface area contributed by atoms with Crippen molar-refractivity contribution in [2.24, 2.45) is 0 Å². The molecule has 31 heavy (non-hydrogen) atoms. The number of benzene rings is 2. The topological polar surface area (TPSA) is 68.0 Å². The van der Waals surface area contributed by atoms with E-state index < -0.39 is 0 Å². The number of nitrogens with one attached hydrogen (secondary N) is 1. The second kappa shape index (κ2) is 9.85. The molecule has 2 aromatic carbocycles. The fourth-order valence-electron chi connectivity index (χ4n) is 3.14. The lowest BCUT2D eigenvalue weighted by Crippen LogP contribution is -2.28. The standard InChI is InChI=1S/C23H19ClFN3O2S/c24-17-10-6-16(7-11-17)23-27-21(30-28-23)5-1-4-20(29)26-22(19-3-2-14-31-19)15-8-12-18(25)13-9-15/h2-3,6-14,22H,1,4-5H2,(H,26,29). The maximum absolute atomic E-state index is 13.3. The Morgan fingerprint density at radius 3 is 2.61 bits per heavy atom. The van der Waals surface area contributed by atoms with Crippen LogP contribution < -0.4 is 5.32 Å². The zero-order valence-electron chi connectivity index (χ0n) is 16.4. The van der Waals surface area contributed by atoms with Crippen LogP contribution in [0, 0.1) is 5.82 Å². The summed E-state index contributed by atoms with van der Waals surface area (Å²) in [6, 6.07) is 16.9. The van der Waals surface area contributed by atoms with Gasteiger partial charge < -0.3 is 9.84 Å². The first-order valence-electron chi connectivity index (χ1n) is 9.75. The van der Waals surface area contributed by atoms with E-state index in [4.69, 9.17) is 16.1 Å².